The molecule has 1 aromatic rings. The molecule has 0 radical (unpaired) electrons. The van der Waals surface area contributed by atoms with Crippen molar-refractivity contribution in [3.05, 3.63) is 28.1 Å². The number of methoxy groups -OCH3 is 1. The van der Waals surface area contributed by atoms with E-state index in [1.54, 1.807) is 0 Å². The first-order valence-electron chi connectivity index (χ1n) is 7.02. The Bertz CT molecular complexity index is 710. The van der Waals surface area contributed by atoms with E-state index in [1.807, 2.05) is 6.92 Å². The molecule has 10 heteroatoms. The summed E-state index contributed by atoms with van der Waals surface area (Å²) < 4.78 is 45.8. The Morgan fingerprint density at radius 2 is 2.17 bits per heavy atom. The summed E-state index contributed by atoms with van der Waals surface area (Å²) in [5, 5.41) is 14.2. The summed E-state index contributed by atoms with van der Waals surface area (Å²) in [5.41, 5.74) is -0.730. The lowest BCUT2D eigenvalue weighted by Crippen LogP contribution is -2.46. The molecule has 0 aliphatic carbocycles. The first-order valence-corrected chi connectivity index (χ1v) is 8.50. The van der Waals surface area contributed by atoms with E-state index in [9.17, 15) is 22.9 Å². The normalized spacial score (nSPS) is 21.9. The zero-order valence-corrected chi connectivity index (χ0v) is 13.5. The Morgan fingerprint density at radius 3 is 2.74 bits per heavy atom. The van der Waals surface area contributed by atoms with Gasteiger partial charge in [0.25, 0.3) is 0 Å². The molecule has 2 unspecified atom stereocenters. The number of rotatable bonds is 5. The van der Waals surface area contributed by atoms with Crippen LogP contribution in [0.4, 0.5) is 10.1 Å². The number of nitrogens with one attached hydrogen (secondary N) is 2. The summed E-state index contributed by atoms with van der Waals surface area (Å²) in [6.07, 6.45) is 1.17. The van der Waals surface area contributed by atoms with Gasteiger partial charge in [0.05, 0.1) is 16.9 Å². The predicted molar refractivity (Wildman–Crippen MR) is 80.4 cm³/mol. The van der Waals surface area contributed by atoms with Crippen LogP contribution in [-0.2, 0) is 10.0 Å². The molecule has 128 valence electrons. The number of nitro groups is 1. The lowest BCUT2D eigenvalue weighted by atomic mass is 10.0. The van der Waals surface area contributed by atoms with E-state index in [2.05, 4.69) is 14.8 Å². The van der Waals surface area contributed by atoms with Gasteiger partial charge >= 0.3 is 5.69 Å². The summed E-state index contributed by atoms with van der Waals surface area (Å²) >= 11 is 0. The van der Waals surface area contributed by atoms with Crippen molar-refractivity contribution in [3.8, 4) is 5.75 Å². The Balaban J connectivity index is 2.34. The van der Waals surface area contributed by atoms with Gasteiger partial charge in [-0.2, -0.15) is 0 Å². The summed E-state index contributed by atoms with van der Waals surface area (Å²) in [6.45, 7) is 2.59. The van der Waals surface area contributed by atoms with E-state index in [1.165, 1.54) is 0 Å². The molecule has 2 rings (SSSR count). The number of hydrogen-bond donors (Lipinski definition) is 2. The van der Waals surface area contributed by atoms with Crippen LogP contribution >= 0.6 is 0 Å². The van der Waals surface area contributed by atoms with Crippen molar-refractivity contribution in [1.29, 1.82) is 0 Å². The number of nitro benzene ring substituents is 1. The van der Waals surface area contributed by atoms with Gasteiger partial charge in [-0.05, 0) is 32.4 Å². The third kappa shape index (κ3) is 3.95. The van der Waals surface area contributed by atoms with E-state index < -0.39 is 37.1 Å². The molecular formula is C13H18FN3O5S. The van der Waals surface area contributed by atoms with Crippen LogP contribution in [0.1, 0.15) is 19.8 Å². The number of nitrogens with zero attached hydrogens (tertiary/aromatic N) is 1. The largest absolute Gasteiger partial charge is 0.488 e. The first-order chi connectivity index (χ1) is 10.7. The number of ether oxygens (including phenoxy) is 1. The quantitative estimate of drug-likeness (QED) is 0.611. The van der Waals surface area contributed by atoms with Crippen molar-refractivity contribution < 1.29 is 22.5 Å². The second kappa shape index (κ2) is 6.77. The van der Waals surface area contributed by atoms with Crippen molar-refractivity contribution >= 4 is 15.7 Å². The molecule has 1 aliphatic rings. The van der Waals surface area contributed by atoms with Crippen molar-refractivity contribution in [2.75, 3.05) is 13.7 Å². The molecule has 23 heavy (non-hydrogen) atoms. The minimum atomic E-state index is -4.06. The molecule has 2 N–H and O–H groups in total. The summed E-state index contributed by atoms with van der Waals surface area (Å²) in [7, 11) is -2.99. The van der Waals surface area contributed by atoms with Gasteiger partial charge in [0.2, 0.25) is 15.8 Å². The first kappa shape index (κ1) is 17.6. The molecule has 1 saturated heterocycles. The summed E-state index contributed by atoms with van der Waals surface area (Å²) in [6, 6.07) is 1.37. The van der Waals surface area contributed by atoms with Crippen molar-refractivity contribution in [2.45, 2.75) is 36.7 Å². The smallest absolute Gasteiger partial charge is 0.315 e. The van der Waals surface area contributed by atoms with Crippen LogP contribution in [0.15, 0.2) is 17.0 Å². The van der Waals surface area contributed by atoms with Crippen molar-refractivity contribution in [1.82, 2.24) is 10.0 Å². The zero-order chi connectivity index (χ0) is 17.2. The second-order valence-corrected chi connectivity index (χ2v) is 7.13. The molecule has 0 saturated carbocycles. The Morgan fingerprint density at radius 1 is 1.48 bits per heavy atom. The highest BCUT2D eigenvalue weighted by Crippen LogP contribution is 2.32. The third-order valence-corrected chi connectivity index (χ3v) is 5.15. The Labute approximate surface area is 133 Å². The van der Waals surface area contributed by atoms with Crippen molar-refractivity contribution in [2.24, 2.45) is 0 Å². The van der Waals surface area contributed by atoms with Gasteiger partial charge in [0, 0.05) is 18.2 Å². The van der Waals surface area contributed by atoms with Gasteiger partial charge in [0.15, 0.2) is 5.82 Å². The third-order valence-electron chi connectivity index (χ3n) is 3.65. The molecule has 1 aliphatic heterocycles. The molecule has 1 heterocycles. The lowest BCUT2D eigenvalue weighted by molar-refractivity contribution is -0.386. The Hall–Kier alpha value is -1.78. The topological polar surface area (TPSA) is 111 Å². The van der Waals surface area contributed by atoms with Gasteiger partial charge in [-0.3, -0.25) is 10.1 Å². The maximum absolute atomic E-state index is 13.9. The zero-order valence-electron chi connectivity index (χ0n) is 12.7. The molecule has 0 amide bonds. The van der Waals surface area contributed by atoms with Crippen LogP contribution in [-0.4, -0.2) is 39.1 Å². The van der Waals surface area contributed by atoms with E-state index in [4.69, 9.17) is 0 Å². The number of halogens is 1. The number of hydrogen-bond acceptors (Lipinski definition) is 6. The van der Waals surface area contributed by atoms with E-state index in [-0.39, 0.29) is 12.1 Å². The highest BCUT2D eigenvalue weighted by atomic mass is 32.2. The Kier molecular flexibility index (Phi) is 5.17. The molecule has 8 nitrogen and oxygen atoms in total. The van der Waals surface area contributed by atoms with Crippen LogP contribution in [0.3, 0.4) is 0 Å². The van der Waals surface area contributed by atoms with Gasteiger partial charge in [-0.15, -0.1) is 0 Å². The van der Waals surface area contributed by atoms with Crippen LogP contribution < -0.4 is 14.8 Å². The summed E-state index contributed by atoms with van der Waals surface area (Å²) in [4.78, 5) is 9.61. The van der Waals surface area contributed by atoms with Crippen LogP contribution in [0.25, 0.3) is 0 Å². The number of piperidine rings is 1. The number of benzene rings is 1. The minimum Gasteiger partial charge on any atom is -0.488 e. The number of sulfonamides is 1. The molecule has 2 atom stereocenters. The fourth-order valence-corrected chi connectivity index (χ4v) is 3.89. The average Bonchev–Trinajstić information content (AvgIpc) is 2.45. The predicted octanol–water partition coefficient (Wildman–Crippen LogP) is 1.16. The van der Waals surface area contributed by atoms with Gasteiger partial charge in [-0.25, -0.2) is 17.5 Å². The minimum absolute atomic E-state index is 0.151. The average molecular weight is 347 g/mol. The van der Waals surface area contributed by atoms with Crippen LogP contribution in [0, 0.1) is 15.9 Å². The van der Waals surface area contributed by atoms with E-state index >= 15 is 0 Å². The standard InChI is InChI=1S/C13H18FN3O5S/c1-8-5-9(3-4-15-8)16-23(20,21)10-6-11(14)13(22-2)12(7-10)17(18)19/h6-9,15-16H,3-5H2,1-2H3. The highest BCUT2D eigenvalue weighted by Gasteiger charge is 2.29. The van der Waals surface area contributed by atoms with Crippen LogP contribution in [0.2, 0.25) is 0 Å². The molecular weight excluding hydrogens is 329 g/mol. The van der Waals surface area contributed by atoms with Crippen LogP contribution in [0.5, 0.6) is 5.75 Å². The summed E-state index contributed by atoms with van der Waals surface area (Å²) in [5.74, 6) is -1.69. The molecule has 1 aromatic carbocycles. The maximum Gasteiger partial charge on any atom is 0.315 e. The van der Waals surface area contributed by atoms with Gasteiger partial charge in [0.1, 0.15) is 0 Å². The fourth-order valence-electron chi connectivity index (χ4n) is 2.57. The van der Waals surface area contributed by atoms with E-state index in [0.717, 1.165) is 19.2 Å². The monoisotopic (exact) mass is 347 g/mol. The highest BCUT2D eigenvalue weighted by molar-refractivity contribution is 7.89. The SMILES string of the molecule is COc1c(F)cc(S(=O)(=O)NC2CCNC(C)C2)cc1[N+](=O)[O-]. The van der Waals surface area contributed by atoms with Gasteiger partial charge < -0.3 is 10.1 Å². The molecule has 0 aromatic heterocycles. The van der Waals surface area contributed by atoms with Gasteiger partial charge in [-0.1, -0.05) is 0 Å². The van der Waals surface area contributed by atoms with E-state index in [0.29, 0.717) is 19.4 Å². The molecule has 0 spiro atoms. The van der Waals surface area contributed by atoms with Crippen molar-refractivity contribution in [3.63, 3.8) is 0 Å². The lowest BCUT2D eigenvalue weighted by Gasteiger charge is -2.28. The molecule has 0 bridgehead atoms. The maximum atomic E-state index is 13.9. The second-order valence-electron chi connectivity index (χ2n) is 5.41. The fraction of sp³-hybridized carbons (Fsp3) is 0.538. The molecule has 1 fully saturated rings.